The quantitative estimate of drug-likeness (QED) is 0.122. The van der Waals surface area contributed by atoms with E-state index >= 15 is 0 Å². The minimum absolute atomic E-state index is 0.0708. The predicted octanol–water partition coefficient (Wildman–Crippen LogP) is 5.79. The van der Waals surface area contributed by atoms with Crippen LogP contribution in [0.3, 0.4) is 0 Å². The maximum atomic E-state index is 14.8. The molecule has 3 heterocycles. The molecule has 5 N–H and O–H groups in total. The summed E-state index contributed by atoms with van der Waals surface area (Å²) in [5, 5.41) is 57.2. The second kappa shape index (κ2) is 16.3. The van der Waals surface area contributed by atoms with Crippen LogP contribution in [-0.2, 0) is 51.4 Å². The maximum absolute atomic E-state index is 14.8. The highest BCUT2D eigenvalue weighted by molar-refractivity contribution is 5.89. The zero-order valence-electron chi connectivity index (χ0n) is 31.9. The molecule has 3 aliphatic heterocycles. The zero-order chi connectivity index (χ0) is 39.7. The van der Waals surface area contributed by atoms with Crippen LogP contribution >= 0.6 is 0 Å². The Morgan fingerprint density at radius 1 is 0.911 bits per heavy atom. The summed E-state index contributed by atoms with van der Waals surface area (Å²) < 4.78 is 12.2. The van der Waals surface area contributed by atoms with Gasteiger partial charge in [-0.25, -0.2) is 4.79 Å². The van der Waals surface area contributed by atoms with E-state index in [4.69, 9.17) is 9.47 Å². The minimum atomic E-state index is -1.62. The highest BCUT2D eigenvalue weighted by Crippen LogP contribution is 2.47. The van der Waals surface area contributed by atoms with Crippen molar-refractivity contribution in [2.45, 2.75) is 121 Å². The molecular weight excluding hydrogens is 712 g/mol. The third-order valence-corrected chi connectivity index (χ3v) is 12.1. The maximum Gasteiger partial charge on any atom is 0.334 e. The molecule has 1 saturated carbocycles. The fraction of sp³-hybridized carbons (Fsp3) is 0.457. The Kier molecular flexibility index (Phi) is 11.4. The smallest absolute Gasteiger partial charge is 0.334 e. The Morgan fingerprint density at radius 2 is 1.68 bits per heavy atom. The molecule has 3 aromatic rings. The highest BCUT2D eigenvalue weighted by atomic mass is 16.6. The Morgan fingerprint density at radius 3 is 2.43 bits per heavy atom. The lowest BCUT2D eigenvalue weighted by Gasteiger charge is -2.45. The molecule has 3 aromatic carbocycles. The molecule has 8 bridgehead atoms. The first-order chi connectivity index (χ1) is 26.9. The van der Waals surface area contributed by atoms with Gasteiger partial charge >= 0.3 is 11.9 Å². The first-order valence-corrected chi connectivity index (χ1v) is 19.8. The second-order valence-corrected chi connectivity index (χ2v) is 16.0. The number of ketones is 1. The van der Waals surface area contributed by atoms with Crippen molar-refractivity contribution in [3.8, 4) is 29.1 Å². The second-order valence-electron chi connectivity index (χ2n) is 16.0. The molecule has 0 unspecified atom stereocenters. The number of aliphatic hydroxyl groups excluding tert-OH is 2. The monoisotopic (exact) mass is 762 g/mol. The molecule has 56 heavy (non-hydrogen) atoms. The van der Waals surface area contributed by atoms with Crippen molar-refractivity contribution < 1.29 is 49.4 Å². The number of hydrogen-bond acceptors (Lipinski definition) is 10. The molecule has 1 fully saturated rings. The van der Waals surface area contributed by atoms with E-state index in [0.29, 0.717) is 59.9 Å². The molecule has 7 atom stereocenters. The number of ether oxygens (including phenoxy) is 2. The number of fused-ring (bicyclic) bond motifs is 8. The number of carbonyl (C=O) groups excluding carboxylic acids is 3. The fourth-order valence-corrected chi connectivity index (χ4v) is 9.32. The van der Waals surface area contributed by atoms with Crippen LogP contribution in [0.25, 0.3) is 0 Å². The van der Waals surface area contributed by atoms with Crippen molar-refractivity contribution in [2.75, 3.05) is 0 Å². The van der Waals surface area contributed by atoms with Gasteiger partial charge in [0.2, 0.25) is 0 Å². The summed E-state index contributed by atoms with van der Waals surface area (Å²) in [5.41, 5.74) is 2.55. The van der Waals surface area contributed by atoms with Gasteiger partial charge in [-0.3, -0.25) is 9.59 Å². The molecule has 0 aromatic heterocycles. The fourth-order valence-electron chi connectivity index (χ4n) is 9.32. The van der Waals surface area contributed by atoms with Gasteiger partial charge in [0.05, 0.1) is 25.0 Å². The van der Waals surface area contributed by atoms with Crippen LogP contribution < -0.4 is 4.74 Å². The summed E-state index contributed by atoms with van der Waals surface area (Å²) in [6, 6.07) is 14.1. The molecule has 0 saturated heterocycles. The number of phenols is 2. The molecule has 4 aliphatic rings. The van der Waals surface area contributed by atoms with Gasteiger partial charge in [0, 0.05) is 47.8 Å². The van der Waals surface area contributed by atoms with Gasteiger partial charge in [-0.2, -0.15) is 0 Å². The van der Waals surface area contributed by atoms with E-state index in [1.54, 1.807) is 12.1 Å². The number of carbonyl (C=O) groups is 3. The van der Waals surface area contributed by atoms with E-state index in [0.717, 1.165) is 11.1 Å². The number of phenolic OH excluding ortho intramolecular Hbond substituents is 2. The molecule has 7 rings (SSSR count). The van der Waals surface area contributed by atoms with Crippen molar-refractivity contribution in [2.24, 2.45) is 11.8 Å². The first-order valence-electron chi connectivity index (χ1n) is 19.8. The first kappa shape index (κ1) is 39.3. The van der Waals surface area contributed by atoms with Crippen LogP contribution in [0.1, 0.15) is 110 Å². The number of esters is 2. The third-order valence-electron chi connectivity index (χ3n) is 12.1. The van der Waals surface area contributed by atoms with Crippen LogP contribution in [0, 0.1) is 23.7 Å². The largest absolute Gasteiger partial charge is 0.508 e. The van der Waals surface area contributed by atoms with Crippen LogP contribution in [0.2, 0.25) is 0 Å². The van der Waals surface area contributed by atoms with Crippen LogP contribution in [-0.4, -0.2) is 61.1 Å². The average molecular weight is 763 g/mol. The van der Waals surface area contributed by atoms with Gasteiger partial charge in [0.25, 0.3) is 0 Å². The van der Waals surface area contributed by atoms with Crippen molar-refractivity contribution in [3.05, 3.63) is 99.1 Å². The molecule has 294 valence electrons. The molecule has 0 radical (unpaired) electrons. The van der Waals surface area contributed by atoms with Crippen molar-refractivity contribution in [1.29, 1.82) is 0 Å². The van der Waals surface area contributed by atoms with Crippen LogP contribution in [0.4, 0.5) is 0 Å². The summed E-state index contributed by atoms with van der Waals surface area (Å²) in [7, 11) is 0. The molecule has 0 amide bonds. The standard InChI is InChI=1S/C46H50O10/c1-3-12-46(54)35-10-11-40(50)32(19-35)14-26-6-5-7-27(13-26)16-36(48)21-34-18-29(31-15-28(25-47)17-37(49)20-31)8-9-30-24-42(51)56-44-38(4-2)43(52)33(22-39(30)44)23-41(46)55-45(34)53/h5-7,13,15,17,20-22,29-30,32,35-36,41,47-49,52,54H,3-4,10-12,14,16,18-19,23-25H2,1-2H3/b34-21-/t29-,30+,32+,35+,36-,41+,46-/m0/s1. The highest BCUT2D eigenvalue weighted by Gasteiger charge is 2.49. The number of aromatic hydroxyl groups is 2. The van der Waals surface area contributed by atoms with Crippen LogP contribution in [0.15, 0.2) is 60.2 Å². The predicted molar refractivity (Wildman–Crippen MR) is 207 cm³/mol. The minimum Gasteiger partial charge on any atom is -0.508 e. The van der Waals surface area contributed by atoms with Gasteiger partial charge in [-0.1, -0.05) is 62.4 Å². The van der Waals surface area contributed by atoms with Gasteiger partial charge in [0.1, 0.15) is 34.7 Å². The van der Waals surface area contributed by atoms with Crippen molar-refractivity contribution in [3.63, 3.8) is 0 Å². The van der Waals surface area contributed by atoms with E-state index in [2.05, 4.69) is 11.8 Å². The van der Waals surface area contributed by atoms with Crippen molar-refractivity contribution in [1.82, 2.24) is 0 Å². The van der Waals surface area contributed by atoms with Gasteiger partial charge < -0.3 is 35.0 Å². The van der Waals surface area contributed by atoms with Crippen molar-refractivity contribution >= 4 is 17.7 Å². The summed E-state index contributed by atoms with van der Waals surface area (Å²) in [6.45, 7) is 3.42. The molecular formula is C46H50O10. The molecule has 1 aliphatic carbocycles. The summed E-state index contributed by atoms with van der Waals surface area (Å²) in [5.74, 6) is 3.14. The number of rotatable bonds is 5. The molecule has 10 nitrogen and oxygen atoms in total. The van der Waals surface area contributed by atoms with E-state index in [1.807, 2.05) is 38.1 Å². The lowest BCUT2D eigenvalue weighted by atomic mass is 9.66. The number of benzene rings is 3. The average Bonchev–Trinajstić information content (AvgIpc) is 3.17. The SMILES string of the molecule is CCC[C@]1(O)[C@@H]2CCC(=O)[C@H](Cc3cccc(c3)C[C@H](O)/C=C3/C[C@@H](c4cc(O)cc(CO)c4)C#C[C@@H]4CC(=O)Oc5c4cc(c(O)c5CC)C[C@H]1OC3=O)C2. The Labute approximate surface area is 327 Å². The number of hydrogen-bond donors (Lipinski definition) is 5. The van der Waals surface area contributed by atoms with E-state index in [1.165, 1.54) is 18.2 Å². The summed E-state index contributed by atoms with van der Waals surface area (Å²) in [4.78, 5) is 41.3. The Hall–Kier alpha value is -4.95. The van der Waals surface area contributed by atoms with Gasteiger partial charge in [-0.05, 0) is 96.5 Å². The number of Topliss-reactive ketones (excluding diaryl/α,β-unsaturated/α-hetero) is 1. The Balaban J connectivity index is 1.47. The lowest BCUT2D eigenvalue weighted by Crippen LogP contribution is -2.54. The summed E-state index contributed by atoms with van der Waals surface area (Å²) >= 11 is 0. The van der Waals surface area contributed by atoms with Gasteiger partial charge in [-0.15, -0.1) is 0 Å². The molecule has 0 spiro atoms. The van der Waals surface area contributed by atoms with Crippen LogP contribution in [0.5, 0.6) is 17.2 Å². The Bertz CT molecular complexity index is 2120. The zero-order valence-corrected chi connectivity index (χ0v) is 31.9. The summed E-state index contributed by atoms with van der Waals surface area (Å²) in [6.07, 6.45) is 1.68. The third kappa shape index (κ3) is 7.99. The molecule has 10 heteroatoms. The van der Waals surface area contributed by atoms with E-state index in [-0.39, 0.29) is 79.7 Å². The topological polar surface area (TPSA) is 171 Å². The van der Waals surface area contributed by atoms with Gasteiger partial charge in [0.15, 0.2) is 0 Å². The normalized spacial score (nSPS) is 28.7. The lowest BCUT2D eigenvalue weighted by molar-refractivity contribution is -0.176. The van der Waals surface area contributed by atoms with E-state index in [9.17, 15) is 39.9 Å². The number of aliphatic hydroxyl groups is 3. The van der Waals surface area contributed by atoms with E-state index < -0.39 is 47.5 Å².